The number of para-hydroxylation sites is 1. The van der Waals surface area contributed by atoms with Crippen molar-refractivity contribution in [2.24, 2.45) is 0 Å². The molecule has 0 saturated heterocycles. The van der Waals surface area contributed by atoms with E-state index in [1.165, 1.54) is 25.6 Å². The van der Waals surface area contributed by atoms with Crippen LogP contribution in [-0.2, 0) is 4.74 Å². The first-order valence-electron chi connectivity index (χ1n) is 8.62. The Morgan fingerprint density at radius 1 is 1.00 bits per heavy atom. The molecule has 4 aromatic rings. The molecule has 0 aliphatic rings. The summed E-state index contributed by atoms with van der Waals surface area (Å²) in [5, 5.41) is 1.09. The number of nitrogens with zero attached hydrogens (tertiary/aromatic N) is 2. The summed E-state index contributed by atoms with van der Waals surface area (Å²) in [5.74, 6) is -0.126. The van der Waals surface area contributed by atoms with Gasteiger partial charge in [0.2, 0.25) is 0 Å². The highest BCUT2D eigenvalue weighted by Gasteiger charge is 2.14. The van der Waals surface area contributed by atoms with Crippen LogP contribution in [0.1, 0.15) is 10.4 Å². The molecular weight excluding hydrogens is 395 g/mol. The lowest BCUT2D eigenvalue weighted by molar-refractivity contribution is 0.0600. The van der Waals surface area contributed by atoms with Crippen LogP contribution in [0.25, 0.3) is 22.2 Å². The van der Waals surface area contributed by atoms with Crippen LogP contribution < -0.4 is 4.74 Å². The van der Waals surface area contributed by atoms with Gasteiger partial charge >= 0.3 is 5.97 Å². The second kappa shape index (κ2) is 7.85. The van der Waals surface area contributed by atoms with Crippen molar-refractivity contribution in [3.05, 3.63) is 83.4 Å². The lowest BCUT2D eigenvalue weighted by Crippen LogP contribution is -2.00. The van der Waals surface area contributed by atoms with E-state index in [0.29, 0.717) is 38.7 Å². The van der Waals surface area contributed by atoms with Crippen LogP contribution in [0.2, 0.25) is 5.02 Å². The second-order valence-corrected chi connectivity index (χ2v) is 6.53. The Morgan fingerprint density at radius 3 is 2.62 bits per heavy atom. The molecule has 0 atom stereocenters. The van der Waals surface area contributed by atoms with Crippen LogP contribution in [0.5, 0.6) is 11.5 Å². The minimum absolute atomic E-state index is 0.251. The first-order chi connectivity index (χ1) is 14.1. The number of carbonyl (C=O) groups excluding carboxylic acids is 1. The monoisotopic (exact) mass is 408 g/mol. The van der Waals surface area contributed by atoms with Gasteiger partial charge < -0.3 is 9.47 Å². The average Bonchev–Trinajstić information content (AvgIpc) is 2.75. The lowest BCUT2D eigenvalue weighted by Gasteiger charge is -2.11. The standard InChI is InChI=1S/C22H14ClFN2O3/c1-28-22(27)13-4-2-5-14(10-13)29-15-8-9-19(24)17(11-15)20-16-6-3-7-18(23)21(16)26-12-25-20/h2-12H,1H3. The number of fused-ring (bicyclic) bond motifs is 1. The van der Waals surface area contributed by atoms with Crippen LogP contribution in [0.15, 0.2) is 67.0 Å². The summed E-state index contributed by atoms with van der Waals surface area (Å²) in [4.78, 5) is 20.1. The molecule has 0 saturated carbocycles. The SMILES string of the molecule is COC(=O)c1cccc(Oc2ccc(F)c(-c3ncnc4c(Cl)cccc34)c2)c1. The van der Waals surface area contributed by atoms with Crippen molar-refractivity contribution in [3.63, 3.8) is 0 Å². The fourth-order valence-electron chi connectivity index (χ4n) is 2.96. The Balaban J connectivity index is 1.75. The number of carbonyl (C=O) groups is 1. The Kier molecular flexibility index (Phi) is 5.10. The summed E-state index contributed by atoms with van der Waals surface area (Å²) in [7, 11) is 1.31. The topological polar surface area (TPSA) is 61.3 Å². The van der Waals surface area contributed by atoms with E-state index < -0.39 is 11.8 Å². The van der Waals surface area contributed by atoms with Crippen LogP contribution in [-0.4, -0.2) is 23.0 Å². The number of hydrogen-bond donors (Lipinski definition) is 0. The second-order valence-electron chi connectivity index (χ2n) is 6.12. The molecule has 0 N–H and O–H groups in total. The molecule has 7 heteroatoms. The molecule has 1 aromatic heterocycles. The fraction of sp³-hybridized carbons (Fsp3) is 0.0455. The summed E-state index contributed by atoms with van der Waals surface area (Å²) in [6.45, 7) is 0. The molecule has 4 rings (SSSR count). The van der Waals surface area contributed by atoms with Gasteiger partial charge in [0.15, 0.2) is 0 Å². The summed E-state index contributed by atoms with van der Waals surface area (Å²) < 4.78 is 25.2. The Morgan fingerprint density at radius 2 is 1.79 bits per heavy atom. The Hall–Kier alpha value is -3.51. The maximum absolute atomic E-state index is 14.6. The summed E-state index contributed by atoms with van der Waals surface area (Å²) >= 11 is 6.20. The van der Waals surface area contributed by atoms with E-state index in [0.717, 1.165) is 0 Å². The number of ether oxygens (including phenoxy) is 2. The smallest absolute Gasteiger partial charge is 0.337 e. The molecule has 144 valence electrons. The van der Waals surface area contributed by atoms with Gasteiger partial charge in [0.25, 0.3) is 0 Å². The Labute approximate surface area is 170 Å². The summed E-state index contributed by atoms with van der Waals surface area (Å²) in [6, 6.07) is 16.1. The maximum Gasteiger partial charge on any atom is 0.337 e. The van der Waals surface area contributed by atoms with Gasteiger partial charge in [-0.25, -0.2) is 19.2 Å². The highest BCUT2D eigenvalue weighted by Crippen LogP contribution is 2.34. The molecule has 5 nitrogen and oxygen atoms in total. The molecule has 0 aliphatic carbocycles. The average molecular weight is 409 g/mol. The van der Waals surface area contributed by atoms with Gasteiger partial charge in [-0.2, -0.15) is 0 Å². The summed E-state index contributed by atoms with van der Waals surface area (Å²) in [6.07, 6.45) is 1.34. The van der Waals surface area contributed by atoms with Gasteiger partial charge in [0, 0.05) is 10.9 Å². The molecule has 0 fully saturated rings. The van der Waals surface area contributed by atoms with Gasteiger partial charge in [-0.15, -0.1) is 0 Å². The van der Waals surface area contributed by atoms with E-state index >= 15 is 0 Å². The van der Waals surface area contributed by atoms with Crippen LogP contribution in [0.3, 0.4) is 0 Å². The van der Waals surface area contributed by atoms with Gasteiger partial charge in [-0.05, 0) is 42.5 Å². The molecule has 0 bridgehead atoms. The minimum atomic E-state index is -0.473. The fourth-order valence-corrected chi connectivity index (χ4v) is 3.18. The highest BCUT2D eigenvalue weighted by molar-refractivity contribution is 6.35. The number of aromatic nitrogens is 2. The highest BCUT2D eigenvalue weighted by atomic mass is 35.5. The first-order valence-corrected chi connectivity index (χ1v) is 9.00. The third-order valence-electron chi connectivity index (χ3n) is 4.30. The number of rotatable bonds is 4. The third-order valence-corrected chi connectivity index (χ3v) is 4.60. The molecule has 0 aliphatic heterocycles. The largest absolute Gasteiger partial charge is 0.465 e. The van der Waals surface area contributed by atoms with Crippen molar-refractivity contribution >= 4 is 28.5 Å². The number of methoxy groups -OCH3 is 1. The van der Waals surface area contributed by atoms with Gasteiger partial charge in [0.05, 0.1) is 28.9 Å². The predicted octanol–water partition coefficient (Wildman–Crippen LogP) is 5.67. The van der Waals surface area contributed by atoms with Crippen LogP contribution in [0, 0.1) is 5.82 Å². The van der Waals surface area contributed by atoms with Gasteiger partial charge in [-0.3, -0.25) is 0 Å². The Bertz CT molecular complexity index is 1230. The zero-order valence-electron chi connectivity index (χ0n) is 15.2. The minimum Gasteiger partial charge on any atom is -0.465 e. The lowest BCUT2D eigenvalue weighted by atomic mass is 10.1. The number of halogens is 2. The van der Waals surface area contributed by atoms with Crippen molar-refractivity contribution in [2.45, 2.75) is 0 Å². The van der Waals surface area contributed by atoms with E-state index in [9.17, 15) is 9.18 Å². The van der Waals surface area contributed by atoms with E-state index in [4.69, 9.17) is 21.1 Å². The van der Waals surface area contributed by atoms with Crippen molar-refractivity contribution < 1.29 is 18.7 Å². The van der Waals surface area contributed by atoms with E-state index in [1.54, 1.807) is 48.5 Å². The molecule has 1 heterocycles. The quantitative estimate of drug-likeness (QED) is 0.407. The van der Waals surface area contributed by atoms with E-state index in [1.807, 2.05) is 0 Å². The molecule has 0 unspecified atom stereocenters. The predicted molar refractivity (Wildman–Crippen MR) is 108 cm³/mol. The summed E-state index contributed by atoms with van der Waals surface area (Å²) in [5.41, 5.74) is 1.55. The van der Waals surface area contributed by atoms with Crippen LogP contribution in [0.4, 0.5) is 4.39 Å². The van der Waals surface area contributed by atoms with Crippen LogP contribution >= 0.6 is 11.6 Å². The number of hydrogen-bond acceptors (Lipinski definition) is 5. The van der Waals surface area contributed by atoms with Gasteiger partial charge in [-0.1, -0.05) is 29.8 Å². The third kappa shape index (κ3) is 3.75. The van der Waals surface area contributed by atoms with Gasteiger partial charge in [0.1, 0.15) is 23.6 Å². The molecule has 0 radical (unpaired) electrons. The van der Waals surface area contributed by atoms with Crippen molar-refractivity contribution in [1.29, 1.82) is 0 Å². The van der Waals surface area contributed by atoms with E-state index in [-0.39, 0.29) is 5.56 Å². The molecule has 0 amide bonds. The van der Waals surface area contributed by atoms with Crippen molar-refractivity contribution in [3.8, 4) is 22.8 Å². The van der Waals surface area contributed by atoms with Crippen molar-refractivity contribution in [1.82, 2.24) is 9.97 Å². The molecule has 0 spiro atoms. The zero-order chi connectivity index (χ0) is 20.4. The molecule has 3 aromatic carbocycles. The normalized spacial score (nSPS) is 10.7. The molecule has 29 heavy (non-hydrogen) atoms. The number of esters is 1. The maximum atomic E-state index is 14.6. The number of benzene rings is 3. The zero-order valence-corrected chi connectivity index (χ0v) is 16.0. The van der Waals surface area contributed by atoms with Crippen molar-refractivity contribution in [2.75, 3.05) is 7.11 Å². The molecular formula is C22H14ClFN2O3. The first kappa shape index (κ1) is 18.8. The van der Waals surface area contributed by atoms with E-state index in [2.05, 4.69) is 9.97 Å².